The van der Waals surface area contributed by atoms with Gasteiger partial charge in [-0.05, 0) is 19.3 Å². The molecule has 0 saturated carbocycles. The Balaban J connectivity index is 4.16. The summed E-state index contributed by atoms with van der Waals surface area (Å²) in [6.07, 6.45) is 1.22. The van der Waals surface area contributed by atoms with Crippen LogP contribution in [0.3, 0.4) is 0 Å². The highest BCUT2D eigenvalue weighted by Crippen LogP contribution is 2.11. The van der Waals surface area contributed by atoms with Gasteiger partial charge in [0.05, 0.1) is 12.5 Å². The third kappa shape index (κ3) is 5.47. The van der Waals surface area contributed by atoms with Gasteiger partial charge in [0.25, 0.3) is 0 Å². The highest BCUT2D eigenvalue weighted by molar-refractivity contribution is 5.76. The Morgan fingerprint density at radius 2 is 1.94 bits per heavy atom. The van der Waals surface area contributed by atoms with Crippen LogP contribution >= 0.6 is 0 Å². The smallest absolute Gasteiger partial charge is 0.225 e. The molecule has 0 spiro atoms. The number of carbonyl (C=O) groups is 1. The minimum Gasteiger partial charge on any atom is -0.380 e. The minimum atomic E-state index is -0.166. The Labute approximate surface area is 99.1 Å². The van der Waals surface area contributed by atoms with Gasteiger partial charge in [-0.15, -0.1) is 0 Å². The fourth-order valence-corrected chi connectivity index (χ4v) is 1.69. The first-order valence-electron chi connectivity index (χ1n) is 5.90. The second kappa shape index (κ2) is 7.63. The maximum Gasteiger partial charge on any atom is 0.225 e. The van der Waals surface area contributed by atoms with Gasteiger partial charge in [-0.2, -0.15) is 0 Å². The van der Waals surface area contributed by atoms with Gasteiger partial charge in [0.1, 0.15) is 0 Å². The van der Waals surface area contributed by atoms with Gasteiger partial charge < -0.3 is 15.4 Å². The van der Waals surface area contributed by atoms with E-state index in [1.807, 2.05) is 7.05 Å². The van der Waals surface area contributed by atoms with Gasteiger partial charge in [-0.25, -0.2) is 0 Å². The molecule has 0 aromatic carbocycles. The maximum absolute atomic E-state index is 11.9. The normalized spacial score (nSPS) is 14.9. The van der Waals surface area contributed by atoms with Crippen LogP contribution in [-0.2, 0) is 9.53 Å². The molecule has 0 radical (unpaired) electrons. The summed E-state index contributed by atoms with van der Waals surface area (Å²) in [4.78, 5) is 13.7. The molecular formula is C12H26N2O2. The second-order valence-electron chi connectivity index (χ2n) is 4.78. The van der Waals surface area contributed by atoms with Crippen LogP contribution in [-0.4, -0.2) is 43.7 Å². The summed E-state index contributed by atoms with van der Waals surface area (Å²) in [6, 6.07) is 0.266. The van der Waals surface area contributed by atoms with Gasteiger partial charge in [0, 0.05) is 26.7 Å². The quantitative estimate of drug-likeness (QED) is 0.716. The molecule has 0 heterocycles. The number of rotatable bonds is 7. The summed E-state index contributed by atoms with van der Waals surface area (Å²) in [5.74, 6) is 0.698. The van der Waals surface area contributed by atoms with E-state index in [1.165, 1.54) is 0 Å². The van der Waals surface area contributed by atoms with Crippen molar-refractivity contribution in [3.05, 3.63) is 0 Å². The third-order valence-electron chi connectivity index (χ3n) is 2.87. The second-order valence-corrected chi connectivity index (χ2v) is 4.78. The number of carbonyl (C=O) groups excluding carboxylic acids is 1. The van der Waals surface area contributed by atoms with Gasteiger partial charge in [0.2, 0.25) is 5.91 Å². The Morgan fingerprint density at radius 1 is 1.38 bits per heavy atom. The topological polar surface area (TPSA) is 55.6 Å². The van der Waals surface area contributed by atoms with Gasteiger partial charge in [0.15, 0.2) is 0 Å². The van der Waals surface area contributed by atoms with Crippen molar-refractivity contribution in [2.75, 3.05) is 20.7 Å². The first-order chi connectivity index (χ1) is 7.42. The number of ether oxygens (including phenoxy) is 1. The van der Waals surface area contributed by atoms with E-state index in [1.54, 1.807) is 12.0 Å². The molecule has 96 valence electrons. The average Bonchev–Trinajstić information content (AvgIpc) is 2.23. The van der Waals surface area contributed by atoms with Gasteiger partial charge in [-0.3, -0.25) is 4.79 Å². The average molecular weight is 230 g/mol. The van der Waals surface area contributed by atoms with Crippen molar-refractivity contribution < 1.29 is 9.53 Å². The van der Waals surface area contributed by atoms with Crippen molar-refractivity contribution in [3.63, 3.8) is 0 Å². The fourth-order valence-electron chi connectivity index (χ4n) is 1.69. The van der Waals surface area contributed by atoms with Crippen LogP contribution in [0.25, 0.3) is 0 Å². The summed E-state index contributed by atoms with van der Waals surface area (Å²) in [5, 5.41) is 0. The van der Waals surface area contributed by atoms with Crippen LogP contribution in [0, 0.1) is 5.92 Å². The molecule has 0 fully saturated rings. The summed E-state index contributed by atoms with van der Waals surface area (Å²) >= 11 is 0. The van der Waals surface area contributed by atoms with Crippen molar-refractivity contribution in [1.29, 1.82) is 0 Å². The first kappa shape index (κ1) is 15.4. The first-order valence-corrected chi connectivity index (χ1v) is 5.90. The van der Waals surface area contributed by atoms with E-state index in [9.17, 15) is 4.79 Å². The molecule has 0 aromatic rings. The summed E-state index contributed by atoms with van der Waals surface area (Å²) in [7, 11) is 3.43. The van der Waals surface area contributed by atoms with Crippen molar-refractivity contribution in [2.24, 2.45) is 11.7 Å². The van der Waals surface area contributed by atoms with E-state index in [0.29, 0.717) is 18.9 Å². The van der Waals surface area contributed by atoms with E-state index in [-0.39, 0.29) is 18.1 Å². The van der Waals surface area contributed by atoms with Crippen molar-refractivity contribution in [3.8, 4) is 0 Å². The molecule has 0 saturated heterocycles. The number of hydrogen-bond donors (Lipinski definition) is 1. The summed E-state index contributed by atoms with van der Waals surface area (Å²) in [6.45, 7) is 6.77. The van der Waals surface area contributed by atoms with E-state index in [0.717, 1.165) is 6.42 Å². The summed E-state index contributed by atoms with van der Waals surface area (Å²) in [5.41, 5.74) is 5.49. The highest BCUT2D eigenvalue weighted by atomic mass is 16.5. The van der Waals surface area contributed by atoms with Crippen LogP contribution in [0.15, 0.2) is 0 Å². The van der Waals surface area contributed by atoms with Crippen molar-refractivity contribution in [1.82, 2.24) is 4.90 Å². The molecule has 2 atom stereocenters. The lowest BCUT2D eigenvalue weighted by Crippen LogP contribution is -2.39. The number of nitrogens with two attached hydrogens (primary N) is 1. The standard InChI is InChI=1S/C12H26N2O2/c1-9(2)6-10(3)14(4)12(15)7-11(8-13)16-5/h9-11H,6-8,13H2,1-5H3. The SMILES string of the molecule is COC(CN)CC(=O)N(C)C(C)CC(C)C. The highest BCUT2D eigenvalue weighted by Gasteiger charge is 2.19. The van der Waals surface area contributed by atoms with Crippen molar-refractivity contribution >= 4 is 5.91 Å². The zero-order chi connectivity index (χ0) is 12.7. The molecule has 2 unspecified atom stereocenters. The monoisotopic (exact) mass is 230 g/mol. The lowest BCUT2D eigenvalue weighted by molar-refractivity contribution is -0.134. The van der Waals surface area contributed by atoms with Crippen LogP contribution < -0.4 is 5.73 Å². The molecular weight excluding hydrogens is 204 g/mol. The number of methoxy groups -OCH3 is 1. The van der Waals surface area contributed by atoms with Crippen molar-refractivity contribution in [2.45, 2.75) is 45.8 Å². The lowest BCUT2D eigenvalue weighted by Gasteiger charge is -2.27. The van der Waals surface area contributed by atoms with E-state index in [2.05, 4.69) is 20.8 Å². The molecule has 0 aliphatic rings. The lowest BCUT2D eigenvalue weighted by atomic mass is 10.0. The van der Waals surface area contributed by atoms with Crippen LogP contribution in [0.5, 0.6) is 0 Å². The number of amides is 1. The number of nitrogens with zero attached hydrogens (tertiary/aromatic N) is 1. The Bertz CT molecular complexity index is 203. The zero-order valence-electron chi connectivity index (χ0n) is 11.2. The molecule has 0 aliphatic heterocycles. The van der Waals surface area contributed by atoms with Crippen LogP contribution in [0.1, 0.15) is 33.6 Å². The largest absolute Gasteiger partial charge is 0.380 e. The predicted octanol–water partition coefficient (Wildman–Crippen LogP) is 1.24. The molecule has 0 rings (SSSR count). The molecule has 4 heteroatoms. The summed E-state index contributed by atoms with van der Waals surface area (Å²) < 4.78 is 5.11. The molecule has 1 amide bonds. The molecule has 4 nitrogen and oxygen atoms in total. The maximum atomic E-state index is 11.9. The van der Waals surface area contributed by atoms with Crippen LogP contribution in [0.2, 0.25) is 0 Å². The molecule has 0 bridgehead atoms. The van der Waals surface area contributed by atoms with E-state index >= 15 is 0 Å². The molecule has 0 aromatic heterocycles. The molecule has 2 N–H and O–H groups in total. The molecule has 16 heavy (non-hydrogen) atoms. The third-order valence-corrected chi connectivity index (χ3v) is 2.87. The van der Waals surface area contributed by atoms with Gasteiger partial charge >= 0.3 is 0 Å². The number of hydrogen-bond acceptors (Lipinski definition) is 3. The van der Waals surface area contributed by atoms with Crippen LogP contribution in [0.4, 0.5) is 0 Å². The van der Waals surface area contributed by atoms with E-state index in [4.69, 9.17) is 10.5 Å². The Kier molecular flexibility index (Phi) is 7.34. The van der Waals surface area contributed by atoms with E-state index < -0.39 is 0 Å². The predicted molar refractivity (Wildman–Crippen MR) is 66.2 cm³/mol. The fraction of sp³-hybridized carbons (Fsp3) is 0.917. The molecule has 0 aliphatic carbocycles. The zero-order valence-corrected chi connectivity index (χ0v) is 11.2. The minimum absolute atomic E-state index is 0.102. The Hall–Kier alpha value is -0.610. The Morgan fingerprint density at radius 3 is 2.31 bits per heavy atom. The van der Waals surface area contributed by atoms with Gasteiger partial charge in [-0.1, -0.05) is 13.8 Å².